The number of hydrogen-bond acceptors (Lipinski definition) is 4. The summed E-state index contributed by atoms with van der Waals surface area (Å²) in [6.45, 7) is 9.87. The quantitative estimate of drug-likeness (QED) is 0.577. The molecule has 0 bridgehead atoms. The lowest BCUT2D eigenvalue weighted by atomic mass is 10.1. The molecular weight excluding hydrogens is 338 g/mol. The van der Waals surface area contributed by atoms with Crippen molar-refractivity contribution in [2.45, 2.75) is 46.7 Å². The van der Waals surface area contributed by atoms with E-state index in [1.165, 1.54) is 11.3 Å². The standard InChI is InChI=1S/C20H33N7/c1-8-21-20(23-13-17-9-10-22-19(12-17)26(5)6)24-14(2)11-18-15(3)25-27(7)16(18)4/h9-10,12,14H,8,11,13H2,1-7H3,(H2,21,23,24). The summed E-state index contributed by atoms with van der Waals surface area (Å²) in [6.07, 6.45) is 2.74. The maximum Gasteiger partial charge on any atom is 0.191 e. The molecule has 0 spiro atoms. The van der Waals surface area contributed by atoms with Gasteiger partial charge in [0.25, 0.3) is 0 Å². The number of rotatable bonds is 7. The first-order chi connectivity index (χ1) is 12.8. The Morgan fingerprint density at radius 2 is 2.07 bits per heavy atom. The van der Waals surface area contributed by atoms with E-state index in [0.717, 1.165) is 36.0 Å². The Kier molecular flexibility index (Phi) is 7.21. The molecule has 2 aromatic heterocycles. The Bertz CT molecular complexity index is 777. The molecule has 148 valence electrons. The molecule has 0 aliphatic heterocycles. The zero-order valence-electron chi connectivity index (χ0n) is 17.7. The van der Waals surface area contributed by atoms with Gasteiger partial charge >= 0.3 is 0 Å². The Morgan fingerprint density at radius 3 is 2.67 bits per heavy atom. The third-order valence-electron chi connectivity index (χ3n) is 4.58. The number of pyridine rings is 1. The van der Waals surface area contributed by atoms with Gasteiger partial charge in [-0.3, -0.25) is 4.68 Å². The molecule has 0 radical (unpaired) electrons. The molecular formula is C20H33N7. The summed E-state index contributed by atoms with van der Waals surface area (Å²) in [4.78, 5) is 11.1. The fourth-order valence-corrected chi connectivity index (χ4v) is 3.00. The summed E-state index contributed by atoms with van der Waals surface area (Å²) in [5.74, 6) is 1.77. The lowest BCUT2D eigenvalue weighted by molar-refractivity contribution is 0.635. The Labute approximate surface area is 162 Å². The summed E-state index contributed by atoms with van der Waals surface area (Å²) in [7, 11) is 5.97. The van der Waals surface area contributed by atoms with Gasteiger partial charge in [-0.25, -0.2) is 9.98 Å². The first-order valence-electron chi connectivity index (χ1n) is 9.48. The number of aliphatic imine (C=N–C) groups is 1. The molecule has 0 aliphatic rings. The van der Waals surface area contributed by atoms with Crippen LogP contribution in [0.4, 0.5) is 5.82 Å². The number of aryl methyl sites for hydroxylation is 2. The molecule has 2 heterocycles. The van der Waals surface area contributed by atoms with Gasteiger partial charge in [-0.05, 0) is 57.4 Å². The van der Waals surface area contributed by atoms with Gasteiger partial charge in [0.15, 0.2) is 5.96 Å². The van der Waals surface area contributed by atoms with Gasteiger partial charge in [-0.1, -0.05) is 0 Å². The Morgan fingerprint density at radius 1 is 1.33 bits per heavy atom. The average molecular weight is 372 g/mol. The Hall–Kier alpha value is -2.57. The van der Waals surface area contributed by atoms with E-state index in [2.05, 4.69) is 54.5 Å². The number of guanidine groups is 1. The summed E-state index contributed by atoms with van der Waals surface area (Å²) < 4.78 is 1.95. The van der Waals surface area contributed by atoms with Crippen molar-refractivity contribution in [2.24, 2.45) is 12.0 Å². The average Bonchev–Trinajstić information content (AvgIpc) is 2.86. The van der Waals surface area contributed by atoms with Crippen LogP contribution in [0.3, 0.4) is 0 Å². The van der Waals surface area contributed by atoms with Gasteiger partial charge < -0.3 is 15.5 Å². The van der Waals surface area contributed by atoms with E-state index in [4.69, 9.17) is 4.99 Å². The van der Waals surface area contributed by atoms with Crippen molar-refractivity contribution < 1.29 is 0 Å². The van der Waals surface area contributed by atoms with Crippen LogP contribution in [0.5, 0.6) is 0 Å². The van der Waals surface area contributed by atoms with Crippen LogP contribution in [0.2, 0.25) is 0 Å². The van der Waals surface area contributed by atoms with Crippen LogP contribution in [0.25, 0.3) is 0 Å². The first kappa shape index (κ1) is 20.7. The van der Waals surface area contributed by atoms with E-state index in [1.54, 1.807) is 0 Å². The van der Waals surface area contributed by atoms with Crippen molar-refractivity contribution in [1.29, 1.82) is 0 Å². The van der Waals surface area contributed by atoms with Crippen molar-refractivity contribution in [3.8, 4) is 0 Å². The van der Waals surface area contributed by atoms with Crippen molar-refractivity contribution in [3.05, 3.63) is 40.8 Å². The molecule has 2 rings (SSSR count). The van der Waals surface area contributed by atoms with E-state index >= 15 is 0 Å². The molecule has 0 aliphatic carbocycles. The first-order valence-corrected chi connectivity index (χ1v) is 9.48. The fraction of sp³-hybridized carbons (Fsp3) is 0.550. The summed E-state index contributed by atoms with van der Waals surface area (Å²) in [5.41, 5.74) is 4.75. The number of anilines is 1. The SMILES string of the molecule is CCNC(=NCc1ccnc(N(C)C)c1)NC(C)Cc1c(C)nn(C)c1C. The number of aromatic nitrogens is 3. The van der Waals surface area contributed by atoms with E-state index in [0.29, 0.717) is 6.54 Å². The summed E-state index contributed by atoms with van der Waals surface area (Å²) >= 11 is 0. The van der Waals surface area contributed by atoms with Crippen LogP contribution in [-0.4, -0.2) is 47.4 Å². The van der Waals surface area contributed by atoms with E-state index in [1.807, 2.05) is 43.0 Å². The molecule has 7 nitrogen and oxygen atoms in total. The lowest BCUT2D eigenvalue weighted by Crippen LogP contribution is -2.43. The molecule has 1 atom stereocenters. The van der Waals surface area contributed by atoms with Crippen LogP contribution < -0.4 is 15.5 Å². The van der Waals surface area contributed by atoms with Gasteiger partial charge in [-0.2, -0.15) is 5.10 Å². The predicted octanol–water partition coefficient (Wildman–Crippen LogP) is 2.18. The highest BCUT2D eigenvalue weighted by atomic mass is 15.3. The van der Waals surface area contributed by atoms with Crippen molar-refractivity contribution in [3.63, 3.8) is 0 Å². The minimum atomic E-state index is 0.249. The highest BCUT2D eigenvalue weighted by Gasteiger charge is 2.14. The molecule has 0 saturated heterocycles. The second kappa shape index (κ2) is 9.39. The zero-order valence-corrected chi connectivity index (χ0v) is 17.7. The number of nitrogens with zero attached hydrogens (tertiary/aromatic N) is 5. The summed E-state index contributed by atoms with van der Waals surface area (Å²) in [5, 5.41) is 11.4. The molecule has 0 fully saturated rings. The highest BCUT2D eigenvalue weighted by Crippen LogP contribution is 2.14. The molecule has 0 saturated carbocycles. The maximum absolute atomic E-state index is 4.74. The van der Waals surface area contributed by atoms with Gasteiger partial charge in [0, 0.05) is 45.6 Å². The minimum absolute atomic E-state index is 0.249. The monoisotopic (exact) mass is 371 g/mol. The normalized spacial score (nSPS) is 12.8. The van der Waals surface area contributed by atoms with E-state index < -0.39 is 0 Å². The minimum Gasteiger partial charge on any atom is -0.363 e. The number of hydrogen-bond donors (Lipinski definition) is 2. The highest BCUT2D eigenvalue weighted by molar-refractivity contribution is 5.80. The molecule has 0 aromatic carbocycles. The van der Waals surface area contributed by atoms with Crippen molar-refractivity contribution in [1.82, 2.24) is 25.4 Å². The second-order valence-corrected chi connectivity index (χ2v) is 7.13. The van der Waals surface area contributed by atoms with E-state index in [-0.39, 0.29) is 6.04 Å². The Balaban J connectivity index is 2.05. The molecule has 1 unspecified atom stereocenters. The van der Waals surface area contributed by atoms with Gasteiger partial charge in [0.1, 0.15) is 5.82 Å². The largest absolute Gasteiger partial charge is 0.363 e. The molecule has 27 heavy (non-hydrogen) atoms. The zero-order chi connectivity index (χ0) is 20.0. The van der Waals surface area contributed by atoms with Gasteiger partial charge in [0.05, 0.1) is 12.2 Å². The van der Waals surface area contributed by atoms with Gasteiger partial charge in [0.2, 0.25) is 0 Å². The van der Waals surface area contributed by atoms with Crippen molar-refractivity contribution >= 4 is 11.8 Å². The van der Waals surface area contributed by atoms with Crippen LogP contribution in [-0.2, 0) is 20.0 Å². The van der Waals surface area contributed by atoms with Gasteiger partial charge in [-0.15, -0.1) is 0 Å². The summed E-state index contributed by atoms with van der Waals surface area (Å²) in [6, 6.07) is 4.32. The molecule has 2 aromatic rings. The lowest BCUT2D eigenvalue weighted by Gasteiger charge is -2.18. The van der Waals surface area contributed by atoms with Crippen LogP contribution in [0.15, 0.2) is 23.3 Å². The van der Waals surface area contributed by atoms with Crippen LogP contribution in [0.1, 0.15) is 36.4 Å². The van der Waals surface area contributed by atoms with Crippen LogP contribution >= 0.6 is 0 Å². The molecule has 7 heteroatoms. The van der Waals surface area contributed by atoms with Crippen molar-refractivity contribution in [2.75, 3.05) is 25.5 Å². The molecule has 2 N–H and O–H groups in total. The third kappa shape index (κ3) is 5.70. The fourth-order valence-electron chi connectivity index (χ4n) is 3.00. The van der Waals surface area contributed by atoms with Crippen LogP contribution in [0, 0.1) is 13.8 Å². The molecule has 0 amide bonds. The second-order valence-electron chi connectivity index (χ2n) is 7.13. The third-order valence-corrected chi connectivity index (χ3v) is 4.58. The maximum atomic E-state index is 4.74. The smallest absolute Gasteiger partial charge is 0.191 e. The topological polar surface area (TPSA) is 70.4 Å². The predicted molar refractivity (Wildman–Crippen MR) is 112 cm³/mol. The number of nitrogens with one attached hydrogen (secondary N) is 2. The van der Waals surface area contributed by atoms with E-state index in [9.17, 15) is 0 Å².